The second-order valence-corrected chi connectivity index (χ2v) is 5.09. The van der Waals surface area contributed by atoms with E-state index in [1.807, 2.05) is 38.1 Å². The van der Waals surface area contributed by atoms with Gasteiger partial charge >= 0.3 is 0 Å². The molecule has 1 amide bonds. The molecular weight excluding hydrogens is 318 g/mol. The minimum absolute atomic E-state index is 0. The van der Waals surface area contributed by atoms with E-state index in [0.29, 0.717) is 18.1 Å². The summed E-state index contributed by atoms with van der Waals surface area (Å²) in [4.78, 5) is 16.3. The van der Waals surface area contributed by atoms with Crippen LogP contribution in [0.1, 0.15) is 17.9 Å². The number of aryl methyl sites for hydroxylation is 2. The lowest BCUT2D eigenvalue weighted by Gasteiger charge is -2.12. The van der Waals surface area contributed by atoms with Gasteiger partial charge in [0.15, 0.2) is 0 Å². The molecular formula is C16H22ClN3O3. The fourth-order valence-corrected chi connectivity index (χ4v) is 2.01. The van der Waals surface area contributed by atoms with Crippen molar-refractivity contribution in [2.24, 2.45) is 5.73 Å². The Morgan fingerprint density at radius 1 is 1.43 bits per heavy atom. The van der Waals surface area contributed by atoms with Gasteiger partial charge < -0.3 is 20.2 Å². The molecule has 0 spiro atoms. The fourth-order valence-electron chi connectivity index (χ4n) is 2.01. The molecule has 0 bridgehead atoms. The molecule has 1 aromatic carbocycles. The van der Waals surface area contributed by atoms with Crippen LogP contribution in [-0.2, 0) is 9.53 Å². The molecule has 6 nitrogen and oxygen atoms in total. The van der Waals surface area contributed by atoms with Gasteiger partial charge in [0.25, 0.3) is 0 Å². The first kappa shape index (κ1) is 19.2. The van der Waals surface area contributed by atoms with Crippen molar-refractivity contribution in [3.63, 3.8) is 0 Å². The van der Waals surface area contributed by atoms with Gasteiger partial charge in [0.1, 0.15) is 5.76 Å². The number of nitrogens with one attached hydrogen (secondary N) is 1. The summed E-state index contributed by atoms with van der Waals surface area (Å²) >= 11 is 0. The van der Waals surface area contributed by atoms with Crippen molar-refractivity contribution in [2.45, 2.75) is 26.4 Å². The standard InChI is InChI=1S/C16H21N3O3.ClH/c1-10-11(2)22-16(18-10)12-5-4-6-13(7-12)19-15(20)8-14(9-17)21-3;/h4-7,14H,8-9,17H2,1-3H3,(H,19,20);1H. The molecule has 0 aliphatic rings. The summed E-state index contributed by atoms with van der Waals surface area (Å²) in [5.41, 5.74) is 7.87. The minimum atomic E-state index is -0.278. The highest BCUT2D eigenvalue weighted by atomic mass is 35.5. The molecule has 0 aliphatic carbocycles. The van der Waals surface area contributed by atoms with Crippen LogP contribution in [0, 0.1) is 13.8 Å². The van der Waals surface area contributed by atoms with Crippen LogP contribution in [0.2, 0.25) is 0 Å². The summed E-state index contributed by atoms with van der Waals surface area (Å²) in [6, 6.07) is 7.37. The Labute approximate surface area is 141 Å². The highest BCUT2D eigenvalue weighted by Crippen LogP contribution is 2.24. The number of carbonyl (C=O) groups excluding carboxylic acids is 1. The van der Waals surface area contributed by atoms with Crippen LogP contribution in [0.25, 0.3) is 11.5 Å². The maximum absolute atomic E-state index is 12.0. The van der Waals surface area contributed by atoms with Crippen LogP contribution in [0.5, 0.6) is 0 Å². The van der Waals surface area contributed by atoms with E-state index in [1.54, 1.807) is 7.11 Å². The third kappa shape index (κ3) is 5.06. The molecule has 0 aliphatic heterocycles. The molecule has 1 unspecified atom stereocenters. The van der Waals surface area contributed by atoms with Gasteiger partial charge in [0.05, 0.1) is 18.2 Å². The Bertz CT molecular complexity index is 634. The number of methoxy groups -OCH3 is 1. The summed E-state index contributed by atoms with van der Waals surface area (Å²) in [5.74, 6) is 1.19. The smallest absolute Gasteiger partial charge is 0.227 e. The molecule has 0 radical (unpaired) electrons. The normalized spacial score (nSPS) is 11.7. The van der Waals surface area contributed by atoms with Gasteiger partial charge in [0, 0.05) is 24.9 Å². The second kappa shape index (κ2) is 8.67. The van der Waals surface area contributed by atoms with E-state index in [0.717, 1.165) is 17.0 Å². The Morgan fingerprint density at radius 3 is 2.74 bits per heavy atom. The first-order valence-corrected chi connectivity index (χ1v) is 7.10. The Balaban J connectivity index is 0.00000264. The van der Waals surface area contributed by atoms with Crippen molar-refractivity contribution in [3.8, 4) is 11.5 Å². The number of nitrogens with zero attached hydrogens (tertiary/aromatic N) is 1. The third-order valence-corrected chi connectivity index (χ3v) is 3.43. The van der Waals surface area contributed by atoms with Crippen LogP contribution in [-0.4, -0.2) is 30.6 Å². The van der Waals surface area contributed by atoms with Gasteiger partial charge in [-0.05, 0) is 32.0 Å². The Morgan fingerprint density at radius 2 is 2.17 bits per heavy atom. The number of nitrogens with two attached hydrogens (primary N) is 1. The van der Waals surface area contributed by atoms with Crippen LogP contribution < -0.4 is 11.1 Å². The molecule has 0 saturated heterocycles. The van der Waals surface area contributed by atoms with Crippen LogP contribution in [0.4, 0.5) is 5.69 Å². The first-order valence-electron chi connectivity index (χ1n) is 7.10. The van der Waals surface area contributed by atoms with E-state index in [2.05, 4.69) is 10.3 Å². The number of hydrogen-bond donors (Lipinski definition) is 2. The van der Waals surface area contributed by atoms with E-state index in [-0.39, 0.29) is 30.8 Å². The van der Waals surface area contributed by atoms with Crippen molar-refractivity contribution >= 4 is 24.0 Å². The predicted molar refractivity (Wildman–Crippen MR) is 91.8 cm³/mol. The molecule has 0 fully saturated rings. The highest BCUT2D eigenvalue weighted by molar-refractivity contribution is 5.91. The van der Waals surface area contributed by atoms with Gasteiger partial charge in [-0.1, -0.05) is 6.07 Å². The number of rotatable bonds is 6. The summed E-state index contributed by atoms with van der Waals surface area (Å²) in [6.45, 7) is 4.07. The fraction of sp³-hybridized carbons (Fsp3) is 0.375. The van der Waals surface area contributed by atoms with E-state index >= 15 is 0 Å². The molecule has 2 rings (SSSR count). The maximum atomic E-state index is 12.0. The van der Waals surface area contributed by atoms with E-state index in [4.69, 9.17) is 14.9 Å². The lowest BCUT2D eigenvalue weighted by molar-refractivity contribution is -0.118. The molecule has 1 atom stereocenters. The summed E-state index contributed by atoms with van der Waals surface area (Å²) in [6.07, 6.45) is -0.0609. The summed E-state index contributed by atoms with van der Waals surface area (Å²) < 4.78 is 10.7. The topological polar surface area (TPSA) is 90.4 Å². The minimum Gasteiger partial charge on any atom is -0.441 e. The van der Waals surface area contributed by atoms with Crippen molar-refractivity contribution in [1.82, 2.24) is 4.98 Å². The average Bonchev–Trinajstić information content (AvgIpc) is 2.84. The number of anilines is 1. The number of hydrogen-bond acceptors (Lipinski definition) is 5. The molecule has 7 heteroatoms. The molecule has 23 heavy (non-hydrogen) atoms. The van der Waals surface area contributed by atoms with Gasteiger partial charge in [0.2, 0.25) is 11.8 Å². The number of benzene rings is 1. The lowest BCUT2D eigenvalue weighted by Crippen LogP contribution is -2.28. The zero-order valence-electron chi connectivity index (χ0n) is 13.5. The van der Waals surface area contributed by atoms with Crippen molar-refractivity contribution in [3.05, 3.63) is 35.7 Å². The van der Waals surface area contributed by atoms with Gasteiger partial charge in [-0.25, -0.2) is 4.98 Å². The number of carbonyl (C=O) groups is 1. The number of amides is 1. The average molecular weight is 340 g/mol. The van der Waals surface area contributed by atoms with E-state index < -0.39 is 0 Å². The van der Waals surface area contributed by atoms with Crippen molar-refractivity contribution in [1.29, 1.82) is 0 Å². The molecule has 2 aromatic rings. The SMILES string of the molecule is COC(CN)CC(=O)Nc1cccc(-c2nc(C)c(C)o2)c1.Cl. The number of halogens is 1. The highest BCUT2D eigenvalue weighted by Gasteiger charge is 2.13. The maximum Gasteiger partial charge on any atom is 0.227 e. The third-order valence-electron chi connectivity index (χ3n) is 3.43. The van der Waals surface area contributed by atoms with Crippen LogP contribution in [0.3, 0.4) is 0 Å². The van der Waals surface area contributed by atoms with Crippen LogP contribution >= 0.6 is 12.4 Å². The lowest BCUT2D eigenvalue weighted by atomic mass is 10.2. The quantitative estimate of drug-likeness (QED) is 0.844. The summed E-state index contributed by atoms with van der Waals surface area (Å²) in [7, 11) is 1.54. The number of aromatic nitrogens is 1. The van der Waals surface area contributed by atoms with Gasteiger partial charge in [-0.15, -0.1) is 12.4 Å². The van der Waals surface area contributed by atoms with Gasteiger partial charge in [-0.3, -0.25) is 4.79 Å². The van der Waals surface area contributed by atoms with Crippen molar-refractivity contribution in [2.75, 3.05) is 19.0 Å². The first-order chi connectivity index (χ1) is 10.5. The van der Waals surface area contributed by atoms with E-state index in [9.17, 15) is 4.79 Å². The number of ether oxygens (including phenoxy) is 1. The molecule has 126 valence electrons. The zero-order chi connectivity index (χ0) is 16.1. The molecule has 1 heterocycles. The van der Waals surface area contributed by atoms with E-state index in [1.165, 1.54) is 0 Å². The number of oxazole rings is 1. The predicted octanol–water partition coefficient (Wildman–Crippen LogP) is 2.68. The second-order valence-electron chi connectivity index (χ2n) is 5.09. The largest absolute Gasteiger partial charge is 0.441 e. The zero-order valence-corrected chi connectivity index (χ0v) is 14.3. The Kier molecular flexibility index (Phi) is 7.22. The summed E-state index contributed by atoms with van der Waals surface area (Å²) in [5, 5.41) is 2.83. The molecule has 0 saturated carbocycles. The van der Waals surface area contributed by atoms with Crippen LogP contribution in [0.15, 0.2) is 28.7 Å². The molecule has 1 aromatic heterocycles. The van der Waals surface area contributed by atoms with Gasteiger partial charge in [-0.2, -0.15) is 0 Å². The van der Waals surface area contributed by atoms with Crippen molar-refractivity contribution < 1.29 is 13.9 Å². The molecule has 3 N–H and O–H groups in total. The monoisotopic (exact) mass is 339 g/mol. The Hall–Kier alpha value is -1.89.